The molecule has 0 N–H and O–H groups in total. The third-order valence-electron chi connectivity index (χ3n) is 1.93. The predicted octanol–water partition coefficient (Wildman–Crippen LogP) is -0.465. The van der Waals surface area contributed by atoms with Gasteiger partial charge in [0.15, 0.2) is 0 Å². The molecule has 16 heavy (non-hydrogen) atoms. The van der Waals surface area contributed by atoms with Gasteiger partial charge in [0, 0.05) is 24.5 Å². The number of rotatable bonds is 2. The first kappa shape index (κ1) is 10.1. The van der Waals surface area contributed by atoms with E-state index in [0.29, 0.717) is 5.78 Å². The highest BCUT2D eigenvalue weighted by Gasteiger charge is 2.02. The molecule has 0 aliphatic rings. The van der Waals surface area contributed by atoms with Crippen molar-refractivity contribution >= 4 is 17.9 Å². The largest absolute Gasteiger partial charge is 0.466 e. The maximum Gasteiger partial charge on any atom is 0.331 e. The van der Waals surface area contributed by atoms with Crippen LogP contribution >= 0.6 is 0 Å². The molecule has 0 aliphatic carbocycles. The van der Waals surface area contributed by atoms with Gasteiger partial charge >= 0.3 is 5.97 Å². The number of esters is 1. The van der Waals surface area contributed by atoms with Gasteiger partial charge in [-0.05, 0) is 0 Å². The summed E-state index contributed by atoms with van der Waals surface area (Å²) < 4.78 is 7.04. The van der Waals surface area contributed by atoms with Crippen LogP contribution in [-0.2, 0) is 9.53 Å². The van der Waals surface area contributed by atoms with E-state index in [-0.39, 0.29) is 5.56 Å². The molecular formula is C9H8N4O3. The number of hydrogen-bond acceptors (Lipinski definition) is 5. The molecule has 82 valence electrons. The summed E-state index contributed by atoms with van der Waals surface area (Å²) in [5.41, 5.74) is -0.305. The monoisotopic (exact) mass is 220 g/mol. The minimum Gasteiger partial charge on any atom is -0.466 e. The van der Waals surface area contributed by atoms with E-state index < -0.39 is 5.97 Å². The molecule has 0 aliphatic heterocycles. The molecule has 2 aromatic heterocycles. The van der Waals surface area contributed by atoms with E-state index in [0.717, 1.165) is 6.08 Å². The van der Waals surface area contributed by atoms with E-state index in [1.807, 2.05) is 0 Å². The van der Waals surface area contributed by atoms with Crippen LogP contribution in [0.15, 0.2) is 29.5 Å². The van der Waals surface area contributed by atoms with E-state index in [2.05, 4.69) is 14.8 Å². The maximum atomic E-state index is 11.5. The van der Waals surface area contributed by atoms with Gasteiger partial charge in [-0.25, -0.2) is 9.31 Å². The summed E-state index contributed by atoms with van der Waals surface area (Å²) in [5.74, 6) is -0.221. The third-order valence-corrected chi connectivity index (χ3v) is 1.93. The van der Waals surface area contributed by atoms with Crippen LogP contribution in [0, 0.1) is 0 Å². The summed E-state index contributed by atoms with van der Waals surface area (Å²) in [6.07, 6.45) is 5.23. The lowest BCUT2D eigenvalue weighted by molar-refractivity contribution is -0.134. The molecule has 0 fully saturated rings. The number of fused-ring (bicyclic) bond motifs is 1. The number of nitrogens with zero attached hydrogens (tertiary/aromatic N) is 4. The molecule has 0 saturated heterocycles. The van der Waals surface area contributed by atoms with Crippen LogP contribution in [-0.4, -0.2) is 32.2 Å². The average Bonchev–Trinajstić information content (AvgIpc) is 2.75. The molecule has 0 saturated carbocycles. The predicted molar refractivity (Wildman–Crippen MR) is 54.6 cm³/mol. The quantitative estimate of drug-likeness (QED) is 0.505. The average molecular weight is 220 g/mol. The number of methoxy groups -OCH3 is 1. The van der Waals surface area contributed by atoms with Crippen molar-refractivity contribution in [2.24, 2.45) is 0 Å². The van der Waals surface area contributed by atoms with Crippen LogP contribution in [0.3, 0.4) is 0 Å². The van der Waals surface area contributed by atoms with Crippen molar-refractivity contribution in [3.63, 3.8) is 0 Å². The lowest BCUT2D eigenvalue weighted by Crippen LogP contribution is -2.17. The topological polar surface area (TPSA) is 78.5 Å². The maximum absolute atomic E-state index is 11.5. The van der Waals surface area contributed by atoms with Crippen LogP contribution in [0.2, 0.25) is 0 Å². The van der Waals surface area contributed by atoms with Gasteiger partial charge in [-0.2, -0.15) is 10.1 Å². The molecule has 0 atom stereocenters. The second-order valence-electron chi connectivity index (χ2n) is 2.87. The fourth-order valence-electron chi connectivity index (χ4n) is 1.18. The van der Waals surface area contributed by atoms with Gasteiger partial charge in [0.05, 0.1) is 7.11 Å². The number of ether oxygens (including phenoxy) is 1. The molecule has 2 rings (SSSR count). The van der Waals surface area contributed by atoms with Crippen molar-refractivity contribution in [3.8, 4) is 0 Å². The Morgan fingerprint density at radius 3 is 3.12 bits per heavy atom. The van der Waals surface area contributed by atoms with E-state index >= 15 is 0 Å². The Labute approximate surface area is 89.6 Å². The van der Waals surface area contributed by atoms with Crippen molar-refractivity contribution in [1.82, 2.24) is 19.2 Å². The summed E-state index contributed by atoms with van der Waals surface area (Å²) in [6.45, 7) is 0. The fourth-order valence-corrected chi connectivity index (χ4v) is 1.18. The summed E-state index contributed by atoms with van der Waals surface area (Å²) in [5, 5.41) is 3.86. The van der Waals surface area contributed by atoms with E-state index in [9.17, 15) is 9.59 Å². The lowest BCUT2D eigenvalue weighted by Gasteiger charge is -1.99. The highest BCUT2D eigenvalue weighted by atomic mass is 16.5. The highest BCUT2D eigenvalue weighted by molar-refractivity contribution is 5.85. The number of carbonyl (C=O) groups excluding carboxylic acids is 1. The Balaban J connectivity index is 2.54. The first-order valence-electron chi connectivity index (χ1n) is 4.39. The molecule has 0 bridgehead atoms. The van der Waals surface area contributed by atoms with Gasteiger partial charge in [-0.3, -0.25) is 9.36 Å². The minimum atomic E-state index is -0.548. The summed E-state index contributed by atoms with van der Waals surface area (Å²) >= 11 is 0. The van der Waals surface area contributed by atoms with Gasteiger partial charge in [0.2, 0.25) is 5.78 Å². The molecular weight excluding hydrogens is 212 g/mol. The lowest BCUT2D eigenvalue weighted by atomic mass is 10.5. The highest BCUT2D eigenvalue weighted by Crippen LogP contribution is 1.95. The summed E-state index contributed by atoms with van der Waals surface area (Å²) in [7, 11) is 1.26. The first-order valence-corrected chi connectivity index (χ1v) is 4.39. The van der Waals surface area contributed by atoms with Crippen molar-refractivity contribution < 1.29 is 9.53 Å². The zero-order valence-corrected chi connectivity index (χ0v) is 8.40. The Bertz CT molecular complexity index is 610. The van der Waals surface area contributed by atoms with Crippen molar-refractivity contribution in [3.05, 3.63) is 35.0 Å². The van der Waals surface area contributed by atoms with Crippen LogP contribution < -0.4 is 5.56 Å². The van der Waals surface area contributed by atoms with Crippen LogP contribution in [0.5, 0.6) is 0 Å². The van der Waals surface area contributed by atoms with Gasteiger partial charge in [0.25, 0.3) is 5.56 Å². The van der Waals surface area contributed by atoms with Gasteiger partial charge in [-0.1, -0.05) is 0 Å². The summed E-state index contributed by atoms with van der Waals surface area (Å²) in [4.78, 5) is 26.3. The molecule has 0 unspecified atom stereocenters. The normalized spacial score (nSPS) is 11.1. The Hall–Kier alpha value is -2.44. The van der Waals surface area contributed by atoms with E-state index in [1.54, 1.807) is 0 Å². The molecule has 7 heteroatoms. The van der Waals surface area contributed by atoms with Gasteiger partial charge in [-0.15, -0.1) is 0 Å². The minimum absolute atomic E-state index is 0.305. The van der Waals surface area contributed by atoms with Gasteiger partial charge in [0.1, 0.15) is 6.33 Å². The van der Waals surface area contributed by atoms with E-state index in [4.69, 9.17) is 0 Å². The van der Waals surface area contributed by atoms with Crippen molar-refractivity contribution in [2.45, 2.75) is 0 Å². The van der Waals surface area contributed by atoms with Crippen LogP contribution in [0.25, 0.3) is 12.0 Å². The van der Waals surface area contributed by atoms with Gasteiger partial charge < -0.3 is 4.74 Å². The Morgan fingerprint density at radius 1 is 1.56 bits per heavy atom. The molecule has 0 spiro atoms. The van der Waals surface area contributed by atoms with Crippen molar-refractivity contribution in [1.29, 1.82) is 0 Å². The fraction of sp³-hybridized carbons (Fsp3) is 0.111. The smallest absolute Gasteiger partial charge is 0.331 e. The second kappa shape index (κ2) is 3.97. The SMILES string of the molecule is COC(=O)/C=C/n1c(=O)ccn2ncnc12. The molecule has 7 nitrogen and oxygen atoms in total. The Morgan fingerprint density at radius 2 is 2.38 bits per heavy atom. The molecule has 2 aromatic rings. The second-order valence-corrected chi connectivity index (χ2v) is 2.87. The zero-order valence-electron chi connectivity index (χ0n) is 8.40. The number of aromatic nitrogens is 4. The Kier molecular flexibility index (Phi) is 2.50. The van der Waals surface area contributed by atoms with Crippen LogP contribution in [0.4, 0.5) is 0 Å². The standard InChI is InChI=1S/C9H8N4O3/c1-16-8(15)3-4-12-7(14)2-5-13-9(12)10-6-11-13/h2-6H,1H3/b4-3+. The van der Waals surface area contributed by atoms with E-state index in [1.165, 1.54) is 41.0 Å². The molecule has 0 amide bonds. The third kappa shape index (κ3) is 1.70. The zero-order chi connectivity index (χ0) is 11.5. The number of hydrogen-bond donors (Lipinski definition) is 0. The van der Waals surface area contributed by atoms with Crippen molar-refractivity contribution in [2.75, 3.05) is 7.11 Å². The summed E-state index contributed by atoms with van der Waals surface area (Å²) in [6, 6.07) is 1.32. The molecule has 2 heterocycles. The first-order chi connectivity index (χ1) is 7.72. The van der Waals surface area contributed by atoms with Crippen LogP contribution in [0.1, 0.15) is 0 Å². The molecule has 0 aromatic carbocycles. The number of carbonyl (C=O) groups is 1. The molecule has 0 radical (unpaired) electrons.